The van der Waals surface area contributed by atoms with E-state index in [0.29, 0.717) is 0 Å². The second-order valence-corrected chi connectivity index (χ2v) is 4.74. The van der Waals surface area contributed by atoms with E-state index in [0.717, 1.165) is 18.8 Å². The standard InChI is InChI=1S/C13H15N3S/c1-2-12(10-15-5-1)11-16-8-9-17-13-3-6-14-7-4-13/h1-7,10,16H,8-9,11H2. The molecule has 3 nitrogen and oxygen atoms in total. The summed E-state index contributed by atoms with van der Waals surface area (Å²) in [6.45, 7) is 1.87. The summed E-state index contributed by atoms with van der Waals surface area (Å²) < 4.78 is 0. The number of thioether (sulfide) groups is 1. The number of nitrogens with one attached hydrogen (secondary N) is 1. The molecule has 88 valence electrons. The minimum absolute atomic E-state index is 0.880. The van der Waals surface area contributed by atoms with Gasteiger partial charge in [-0.05, 0) is 23.8 Å². The van der Waals surface area contributed by atoms with Gasteiger partial charge < -0.3 is 5.32 Å². The molecule has 0 saturated heterocycles. The molecule has 2 aromatic heterocycles. The van der Waals surface area contributed by atoms with Crippen LogP contribution < -0.4 is 5.32 Å². The maximum absolute atomic E-state index is 4.08. The van der Waals surface area contributed by atoms with Crippen LogP contribution in [0.1, 0.15) is 5.56 Å². The molecule has 0 amide bonds. The zero-order valence-corrected chi connectivity index (χ0v) is 10.4. The van der Waals surface area contributed by atoms with Crippen LogP contribution in [0.2, 0.25) is 0 Å². The largest absolute Gasteiger partial charge is 0.312 e. The highest BCUT2D eigenvalue weighted by atomic mass is 32.2. The molecule has 0 saturated carbocycles. The van der Waals surface area contributed by atoms with Crippen molar-refractivity contribution in [3.05, 3.63) is 54.6 Å². The first-order valence-electron chi connectivity index (χ1n) is 5.57. The summed E-state index contributed by atoms with van der Waals surface area (Å²) in [7, 11) is 0. The van der Waals surface area contributed by atoms with Gasteiger partial charge in [-0.2, -0.15) is 0 Å². The first-order chi connectivity index (χ1) is 8.45. The topological polar surface area (TPSA) is 37.8 Å². The van der Waals surface area contributed by atoms with Crippen molar-refractivity contribution < 1.29 is 0 Å². The SMILES string of the molecule is c1cncc(CNCCSc2ccncc2)c1. The van der Waals surface area contributed by atoms with E-state index in [-0.39, 0.29) is 0 Å². The van der Waals surface area contributed by atoms with Gasteiger partial charge >= 0.3 is 0 Å². The van der Waals surface area contributed by atoms with Crippen molar-refractivity contribution in [3.8, 4) is 0 Å². The van der Waals surface area contributed by atoms with Crippen molar-refractivity contribution in [3.63, 3.8) is 0 Å². The summed E-state index contributed by atoms with van der Waals surface area (Å²) >= 11 is 1.84. The zero-order chi connectivity index (χ0) is 11.8. The third kappa shape index (κ3) is 4.54. The monoisotopic (exact) mass is 245 g/mol. The predicted octanol–water partition coefficient (Wildman–Crippen LogP) is 2.36. The predicted molar refractivity (Wildman–Crippen MR) is 70.9 cm³/mol. The first kappa shape index (κ1) is 12.1. The van der Waals surface area contributed by atoms with Crippen LogP contribution in [0.5, 0.6) is 0 Å². The van der Waals surface area contributed by atoms with E-state index < -0.39 is 0 Å². The van der Waals surface area contributed by atoms with Gasteiger partial charge in [0.05, 0.1) is 0 Å². The van der Waals surface area contributed by atoms with E-state index in [2.05, 4.69) is 21.4 Å². The smallest absolute Gasteiger partial charge is 0.0312 e. The summed E-state index contributed by atoms with van der Waals surface area (Å²) in [6.07, 6.45) is 7.34. The van der Waals surface area contributed by atoms with Crippen molar-refractivity contribution >= 4 is 11.8 Å². The van der Waals surface area contributed by atoms with Crippen LogP contribution in [0, 0.1) is 0 Å². The third-order valence-corrected chi connectivity index (χ3v) is 3.26. The Morgan fingerprint density at radius 1 is 1.06 bits per heavy atom. The van der Waals surface area contributed by atoms with Gasteiger partial charge in [-0.15, -0.1) is 11.8 Å². The summed E-state index contributed by atoms with van der Waals surface area (Å²) in [5.74, 6) is 1.06. The van der Waals surface area contributed by atoms with Crippen LogP contribution in [0.15, 0.2) is 53.9 Å². The van der Waals surface area contributed by atoms with Gasteiger partial charge in [-0.3, -0.25) is 9.97 Å². The maximum atomic E-state index is 4.08. The van der Waals surface area contributed by atoms with Gasteiger partial charge in [-0.25, -0.2) is 0 Å². The quantitative estimate of drug-likeness (QED) is 0.626. The van der Waals surface area contributed by atoms with Gasteiger partial charge in [-0.1, -0.05) is 6.07 Å². The molecule has 0 unspecified atom stereocenters. The Morgan fingerprint density at radius 3 is 2.71 bits per heavy atom. The van der Waals surface area contributed by atoms with Gasteiger partial charge in [0.1, 0.15) is 0 Å². The van der Waals surface area contributed by atoms with Crippen LogP contribution in [-0.2, 0) is 6.54 Å². The molecule has 2 rings (SSSR count). The Hall–Kier alpha value is -1.39. The molecule has 2 aromatic rings. The van der Waals surface area contributed by atoms with E-state index in [1.165, 1.54) is 10.5 Å². The second-order valence-electron chi connectivity index (χ2n) is 3.57. The minimum atomic E-state index is 0.880. The number of rotatable bonds is 6. The highest BCUT2D eigenvalue weighted by molar-refractivity contribution is 7.99. The Kier molecular flexibility index (Phi) is 5.00. The lowest BCUT2D eigenvalue weighted by molar-refractivity contribution is 0.729. The molecule has 0 bridgehead atoms. The fraction of sp³-hybridized carbons (Fsp3) is 0.231. The second kappa shape index (κ2) is 7.04. The van der Waals surface area contributed by atoms with E-state index in [1.54, 1.807) is 6.20 Å². The molecule has 0 aromatic carbocycles. The van der Waals surface area contributed by atoms with Gasteiger partial charge in [0.15, 0.2) is 0 Å². The minimum Gasteiger partial charge on any atom is -0.312 e. The van der Waals surface area contributed by atoms with Crippen molar-refractivity contribution in [1.29, 1.82) is 0 Å². The van der Waals surface area contributed by atoms with Crippen molar-refractivity contribution in [2.24, 2.45) is 0 Å². The lowest BCUT2D eigenvalue weighted by Gasteiger charge is -2.04. The molecule has 0 aliphatic rings. The molecular weight excluding hydrogens is 230 g/mol. The van der Waals surface area contributed by atoms with Crippen LogP contribution in [-0.4, -0.2) is 22.3 Å². The molecule has 2 heterocycles. The lowest BCUT2D eigenvalue weighted by atomic mass is 10.3. The Morgan fingerprint density at radius 2 is 1.94 bits per heavy atom. The Balaban J connectivity index is 1.61. The molecule has 17 heavy (non-hydrogen) atoms. The number of hydrogen-bond acceptors (Lipinski definition) is 4. The highest BCUT2D eigenvalue weighted by Crippen LogP contribution is 2.14. The van der Waals surface area contributed by atoms with Crippen molar-refractivity contribution in [2.75, 3.05) is 12.3 Å². The Bertz CT molecular complexity index is 378. The zero-order valence-electron chi connectivity index (χ0n) is 9.54. The number of nitrogens with zero attached hydrogens (tertiary/aromatic N) is 2. The summed E-state index contributed by atoms with van der Waals surface area (Å²) in [4.78, 5) is 9.34. The molecule has 0 radical (unpaired) electrons. The molecule has 0 aliphatic heterocycles. The van der Waals surface area contributed by atoms with Crippen LogP contribution in [0.3, 0.4) is 0 Å². The average Bonchev–Trinajstić information content (AvgIpc) is 2.41. The van der Waals surface area contributed by atoms with Crippen LogP contribution in [0.4, 0.5) is 0 Å². The highest BCUT2D eigenvalue weighted by Gasteiger charge is 1.94. The molecular formula is C13H15N3S. The molecule has 0 atom stereocenters. The van der Waals surface area contributed by atoms with Gasteiger partial charge in [0, 0.05) is 48.5 Å². The molecule has 0 fully saturated rings. The normalized spacial score (nSPS) is 10.4. The average molecular weight is 245 g/mol. The van der Waals surface area contributed by atoms with Gasteiger partial charge in [0.25, 0.3) is 0 Å². The molecule has 0 spiro atoms. The fourth-order valence-electron chi connectivity index (χ4n) is 1.41. The van der Waals surface area contributed by atoms with E-state index >= 15 is 0 Å². The van der Waals surface area contributed by atoms with Crippen molar-refractivity contribution in [2.45, 2.75) is 11.4 Å². The fourth-order valence-corrected chi connectivity index (χ4v) is 2.21. The van der Waals surface area contributed by atoms with Crippen molar-refractivity contribution in [1.82, 2.24) is 15.3 Å². The Labute approximate surface area is 106 Å². The van der Waals surface area contributed by atoms with Crippen LogP contribution >= 0.6 is 11.8 Å². The number of hydrogen-bond donors (Lipinski definition) is 1. The van der Waals surface area contributed by atoms with E-state index in [4.69, 9.17) is 0 Å². The number of aromatic nitrogens is 2. The van der Waals surface area contributed by atoms with E-state index in [1.807, 2.05) is 48.6 Å². The van der Waals surface area contributed by atoms with Gasteiger partial charge in [0.2, 0.25) is 0 Å². The summed E-state index contributed by atoms with van der Waals surface area (Å²) in [5, 5.41) is 3.40. The maximum Gasteiger partial charge on any atom is 0.0312 e. The van der Waals surface area contributed by atoms with Crippen LogP contribution in [0.25, 0.3) is 0 Å². The molecule has 1 N–H and O–H groups in total. The van der Waals surface area contributed by atoms with E-state index in [9.17, 15) is 0 Å². The molecule has 4 heteroatoms. The lowest BCUT2D eigenvalue weighted by Crippen LogP contribution is -2.16. The summed E-state index contributed by atoms with van der Waals surface area (Å²) in [6, 6.07) is 8.11. The first-order valence-corrected chi connectivity index (χ1v) is 6.56. The third-order valence-electron chi connectivity index (χ3n) is 2.25. The summed E-state index contributed by atoms with van der Waals surface area (Å²) in [5.41, 5.74) is 1.22. The molecule has 0 aliphatic carbocycles. The number of pyridine rings is 2.